The van der Waals surface area contributed by atoms with E-state index in [1.54, 1.807) is 13.0 Å². The zero-order valence-corrected chi connectivity index (χ0v) is 7.41. The van der Waals surface area contributed by atoms with Crippen LogP contribution in [0.15, 0.2) is 12.7 Å². The monoisotopic (exact) mass is 160 g/mol. The van der Waals surface area contributed by atoms with Gasteiger partial charge < -0.3 is 6.92 Å². The Balaban J connectivity index is -0.0000000275. The Hall–Kier alpha value is 0.844. The van der Waals surface area contributed by atoms with Gasteiger partial charge in [-0.15, -0.1) is 6.58 Å². The molecule has 0 unspecified atom stereocenters. The van der Waals surface area contributed by atoms with E-state index >= 15 is 0 Å². The topological polar surface area (TPSA) is 0 Å². The van der Waals surface area contributed by atoms with Gasteiger partial charge >= 0.3 is 0 Å². The fraction of sp³-hybridized carbons (Fsp3) is 0.400. The molecule has 0 aromatic carbocycles. The largest absolute Gasteiger partial charge is 0.346 e. The summed E-state index contributed by atoms with van der Waals surface area (Å²) in [7, 11) is 0. The minimum Gasteiger partial charge on any atom is -0.346 e. The van der Waals surface area contributed by atoms with Crippen molar-refractivity contribution in [3.63, 3.8) is 0 Å². The van der Waals surface area contributed by atoms with Crippen LogP contribution in [0.25, 0.3) is 0 Å². The standard InChI is InChI=1S/C3H6.C2H5.Y/c1-3-2;1-2;/h3H,1H2,2H3;1H2,2H3;/q;-1;. The molecule has 0 nitrogen and oxygen atoms in total. The first-order valence-electron chi connectivity index (χ1n) is 1.69. The van der Waals surface area contributed by atoms with Crippen molar-refractivity contribution in [2.75, 3.05) is 0 Å². The average Bonchev–Trinajstić information content (AvgIpc) is 1.46. The fourth-order valence-corrected chi connectivity index (χ4v) is 0. The molecule has 6 heavy (non-hydrogen) atoms. The Bertz CT molecular complexity index is 11.4. The van der Waals surface area contributed by atoms with Crippen molar-refractivity contribution in [1.82, 2.24) is 0 Å². The second-order valence-electron chi connectivity index (χ2n) is 0.408. The third kappa shape index (κ3) is 100. The molecule has 0 heterocycles. The zero-order valence-electron chi connectivity index (χ0n) is 4.57. The van der Waals surface area contributed by atoms with Crippen LogP contribution in [0.2, 0.25) is 0 Å². The first kappa shape index (κ1) is 15.8. The van der Waals surface area contributed by atoms with Gasteiger partial charge in [0, 0.05) is 32.7 Å². The van der Waals surface area contributed by atoms with Gasteiger partial charge in [0.1, 0.15) is 0 Å². The van der Waals surface area contributed by atoms with E-state index in [0.29, 0.717) is 0 Å². The summed E-state index contributed by atoms with van der Waals surface area (Å²) < 4.78 is 0. The van der Waals surface area contributed by atoms with Crippen LogP contribution in [0.5, 0.6) is 0 Å². The zero-order chi connectivity index (χ0) is 4.71. The molecule has 0 aliphatic heterocycles. The quantitative estimate of drug-likeness (QED) is 0.375. The van der Waals surface area contributed by atoms with Gasteiger partial charge in [-0.05, 0) is 6.92 Å². The molecule has 0 atom stereocenters. The summed E-state index contributed by atoms with van der Waals surface area (Å²) in [6, 6.07) is 0. The molecule has 0 fully saturated rings. The molecule has 0 aromatic rings. The van der Waals surface area contributed by atoms with Gasteiger partial charge in [0.05, 0.1) is 0 Å². The minimum atomic E-state index is 0. The molecule has 0 rings (SSSR count). The molecular formula is C5H11Y-. The number of hydrogen-bond acceptors (Lipinski definition) is 0. The number of rotatable bonds is 0. The normalized spacial score (nSPS) is 3.17. The maximum Gasteiger partial charge on any atom is 0 e. The summed E-state index contributed by atoms with van der Waals surface area (Å²) in [6.07, 6.45) is 1.75. The van der Waals surface area contributed by atoms with E-state index in [0.717, 1.165) is 0 Å². The molecule has 0 aliphatic rings. The van der Waals surface area contributed by atoms with E-state index in [1.807, 2.05) is 6.92 Å². The van der Waals surface area contributed by atoms with Crippen LogP contribution in [0, 0.1) is 6.92 Å². The molecule has 0 N–H and O–H groups in total. The van der Waals surface area contributed by atoms with Crippen molar-refractivity contribution in [3.05, 3.63) is 19.6 Å². The molecule has 0 saturated heterocycles. The van der Waals surface area contributed by atoms with E-state index < -0.39 is 0 Å². The van der Waals surface area contributed by atoms with E-state index in [4.69, 9.17) is 0 Å². The van der Waals surface area contributed by atoms with Crippen LogP contribution in [0.1, 0.15) is 13.8 Å². The first-order chi connectivity index (χ1) is 2.41. The van der Waals surface area contributed by atoms with Gasteiger partial charge in [0.15, 0.2) is 0 Å². The van der Waals surface area contributed by atoms with Gasteiger partial charge in [-0.2, -0.15) is 6.92 Å². The van der Waals surface area contributed by atoms with Gasteiger partial charge in [-0.3, -0.25) is 0 Å². The Labute approximate surface area is 65.9 Å². The van der Waals surface area contributed by atoms with Crippen molar-refractivity contribution in [1.29, 1.82) is 0 Å². The number of allylic oxidation sites excluding steroid dienone is 1. The van der Waals surface area contributed by atoms with Gasteiger partial charge in [0.2, 0.25) is 0 Å². The third-order valence-electron chi connectivity index (χ3n) is 0. The summed E-state index contributed by atoms with van der Waals surface area (Å²) in [6.45, 7) is 10.2. The Morgan fingerprint density at radius 3 is 1.50 bits per heavy atom. The molecule has 1 radical (unpaired) electrons. The van der Waals surface area contributed by atoms with Crippen LogP contribution >= 0.6 is 0 Å². The molecule has 0 spiro atoms. The predicted octanol–water partition coefficient (Wildman–Crippen LogP) is 2.03. The van der Waals surface area contributed by atoms with Gasteiger partial charge in [-0.1, -0.05) is 6.08 Å². The summed E-state index contributed by atoms with van der Waals surface area (Å²) in [4.78, 5) is 0. The van der Waals surface area contributed by atoms with Crippen LogP contribution in [-0.4, -0.2) is 0 Å². The van der Waals surface area contributed by atoms with Crippen molar-refractivity contribution >= 4 is 0 Å². The second kappa shape index (κ2) is 40.3. The molecule has 1 heteroatoms. The van der Waals surface area contributed by atoms with Crippen LogP contribution in [0.4, 0.5) is 0 Å². The molecule has 0 amide bonds. The van der Waals surface area contributed by atoms with E-state index in [9.17, 15) is 0 Å². The van der Waals surface area contributed by atoms with Crippen LogP contribution in [0.3, 0.4) is 0 Å². The third-order valence-corrected chi connectivity index (χ3v) is 0. The van der Waals surface area contributed by atoms with Gasteiger partial charge in [0.25, 0.3) is 0 Å². The van der Waals surface area contributed by atoms with E-state index in [1.165, 1.54) is 0 Å². The Morgan fingerprint density at radius 2 is 1.50 bits per heavy atom. The maximum absolute atomic E-state index is 3.36. The van der Waals surface area contributed by atoms with Crippen molar-refractivity contribution in [3.8, 4) is 0 Å². The number of hydrogen-bond donors (Lipinski definition) is 0. The molecule has 35 valence electrons. The maximum atomic E-state index is 3.36. The molecule has 0 bridgehead atoms. The first-order valence-corrected chi connectivity index (χ1v) is 1.69. The summed E-state index contributed by atoms with van der Waals surface area (Å²) in [5.74, 6) is 0. The molecule has 0 aromatic heterocycles. The summed E-state index contributed by atoms with van der Waals surface area (Å²) in [5.41, 5.74) is 0. The van der Waals surface area contributed by atoms with Crippen molar-refractivity contribution in [2.24, 2.45) is 0 Å². The smallest absolute Gasteiger partial charge is 0 e. The summed E-state index contributed by atoms with van der Waals surface area (Å²) >= 11 is 0. The molecular weight excluding hydrogens is 149 g/mol. The predicted molar refractivity (Wildman–Crippen MR) is 26.9 cm³/mol. The molecule has 0 saturated carbocycles. The second-order valence-corrected chi connectivity index (χ2v) is 0.408. The Kier molecular flexibility index (Phi) is 106. The van der Waals surface area contributed by atoms with Crippen molar-refractivity contribution in [2.45, 2.75) is 13.8 Å². The van der Waals surface area contributed by atoms with Crippen molar-refractivity contribution < 1.29 is 32.7 Å². The van der Waals surface area contributed by atoms with E-state index in [2.05, 4.69) is 13.5 Å². The molecule has 0 aliphatic carbocycles. The van der Waals surface area contributed by atoms with Crippen LogP contribution in [-0.2, 0) is 32.7 Å². The Morgan fingerprint density at radius 1 is 1.50 bits per heavy atom. The van der Waals surface area contributed by atoms with Gasteiger partial charge in [-0.25, -0.2) is 0 Å². The average molecular weight is 160 g/mol. The minimum absolute atomic E-state index is 0. The summed E-state index contributed by atoms with van der Waals surface area (Å²) in [5, 5.41) is 0. The fourth-order valence-electron chi connectivity index (χ4n) is 0. The van der Waals surface area contributed by atoms with E-state index in [-0.39, 0.29) is 32.7 Å². The van der Waals surface area contributed by atoms with Crippen LogP contribution < -0.4 is 0 Å². The SMILES string of the molecule is C=CC.[CH2-]C.[Y].